The average molecular weight is 471 g/mol. The molecule has 0 N–H and O–H groups in total. The van der Waals surface area contributed by atoms with Gasteiger partial charge in [-0.3, -0.25) is 4.79 Å². The number of benzene rings is 3. The number of rotatable bonds is 9. The molecule has 0 saturated heterocycles. The van der Waals surface area contributed by atoms with Gasteiger partial charge in [0.25, 0.3) is 0 Å². The van der Waals surface area contributed by atoms with Gasteiger partial charge in [-0.15, -0.1) is 0 Å². The Morgan fingerprint density at radius 3 is 1.94 bits per heavy atom. The zero-order chi connectivity index (χ0) is 24.1. The summed E-state index contributed by atoms with van der Waals surface area (Å²) in [6.45, 7) is 0.486. The topological polar surface area (TPSA) is 44.8 Å². The lowest BCUT2D eigenvalue weighted by molar-refractivity contribution is -0.152. The third kappa shape index (κ3) is 5.13. The van der Waals surface area contributed by atoms with E-state index in [1.54, 1.807) is 7.11 Å². The number of ether oxygens (including phenoxy) is 3. The molecule has 0 heterocycles. The van der Waals surface area contributed by atoms with Crippen molar-refractivity contribution in [3.63, 3.8) is 0 Å². The molecule has 0 bridgehead atoms. The predicted octanol–water partition coefficient (Wildman–Crippen LogP) is 6.52. The summed E-state index contributed by atoms with van der Waals surface area (Å²) in [5.41, 5.74) is 2.34. The molecule has 3 aromatic rings. The molecular formula is C31H34O4. The van der Waals surface area contributed by atoms with E-state index in [9.17, 15) is 4.79 Å². The molecule has 182 valence electrons. The van der Waals surface area contributed by atoms with Crippen LogP contribution in [0.25, 0.3) is 0 Å². The summed E-state index contributed by atoms with van der Waals surface area (Å²) < 4.78 is 18.2. The van der Waals surface area contributed by atoms with Crippen molar-refractivity contribution in [2.45, 2.75) is 50.2 Å². The minimum atomic E-state index is -0.796. The lowest BCUT2D eigenvalue weighted by atomic mass is 9.80. The van der Waals surface area contributed by atoms with Crippen molar-refractivity contribution in [2.75, 3.05) is 13.7 Å². The van der Waals surface area contributed by atoms with Crippen LogP contribution in [0.2, 0.25) is 0 Å². The van der Waals surface area contributed by atoms with Crippen LogP contribution in [-0.4, -0.2) is 25.8 Å². The maximum absolute atomic E-state index is 12.8. The van der Waals surface area contributed by atoms with Crippen LogP contribution in [0.1, 0.15) is 55.2 Å². The molecule has 2 unspecified atom stereocenters. The summed E-state index contributed by atoms with van der Waals surface area (Å²) >= 11 is 0. The molecular weight excluding hydrogens is 436 g/mol. The summed E-state index contributed by atoms with van der Waals surface area (Å²) in [5.74, 6) is 0.879. The SMILES string of the molecule is COc1ccc(C(OCC2CC2C(=O)OC2CCCCC2)(c2ccccc2)c2ccccc2)cc1. The third-order valence-corrected chi connectivity index (χ3v) is 7.43. The van der Waals surface area contributed by atoms with E-state index < -0.39 is 5.60 Å². The van der Waals surface area contributed by atoms with Gasteiger partial charge in [0.05, 0.1) is 19.6 Å². The number of methoxy groups -OCH3 is 1. The Balaban J connectivity index is 1.41. The van der Waals surface area contributed by atoms with E-state index in [0.717, 1.165) is 54.5 Å². The first-order valence-electron chi connectivity index (χ1n) is 12.8. The number of carbonyl (C=O) groups excluding carboxylic acids is 1. The van der Waals surface area contributed by atoms with Crippen LogP contribution < -0.4 is 4.74 Å². The fourth-order valence-corrected chi connectivity index (χ4v) is 5.31. The molecule has 2 atom stereocenters. The second-order valence-corrected chi connectivity index (χ2v) is 9.75. The summed E-state index contributed by atoms with van der Waals surface area (Å²) in [6, 6.07) is 28.7. The van der Waals surface area contributed by atoms with Crippen molar-refractivity contribution in [2.24, 2.45) is 11.8 Å². The molecule has 2 fully saturated rings. The maximum atomic E-state index is 12.8. The Labute approximate surface area is 208 Å². The van der Waals surface area contributed by atoms with Crippen LogP contribution in [0, 0.1) is 11.8 Å². The summed E-state index contributed by atoms with van der Waals surface area (Å²) in [6.07, 6.45) is 6.51. The van der Waals surface area contributed by atoms with Gasteiger partial charge in [0.15, 0.2) is 0 Å². The van der Waals surface area contributed by atoms with E-state index >= 15 is 0 Å². The van der Waals surface area contributed by atoms with Gasteiger partial charge in [-0.2, -0.15) is 0 Å². The van der Waals surface area contributed by atoms with Gasteiger partial charge in [0, 0.05) is 0 Å². The molecule has 0 aliphatic heterocycles. The van der Waals surface area contributed by atoms with Crippen LogP contribution in [-0.2, 0) is 19.9 Å². The predicted molar refractivity (Wildman–Crippen MR) is 136 cm³/mol. The second-order valence-electron chi connectivity index (χ2n) is 9.75. The highest BCUT2D eigenvalue weighted by atomic mass is 16.5. The van der Waals surface area contributed by atoms with E-state index in [0.29, 0.717) is 6.61 Å². The number of hydrogen-bond acceptors (Lipinski definition) is 4. The van der Waals surface area contributed by atoms with Crippen molar-refractivity contribution >= 4 is 5.97 Å². The summed E-state index contributed by atoms with van der Waals surface area (Å²) in [4.78, 5) is 12.8. The van der Waals surface area contributed by atoms with Crippen LogP contribution in [0.5, 0.6) is 5.75 Å². The highest BCUT2D eigenvalue weighted by Gasteiger charge is 2.47. The van der Waals surface area contributed by atoms with E-state index in [1.807, 2.05) is 48.5 Å². The molecule has 35 heavy (non-hydrogen) atoms. The van der Waals surface area contributed by atoms with Crippen LogP contribution in [0.3, 0.4) is 0 Å². The van der Waals surface area contributed by atoms with Crippen molar-refractivity contribution in [1.82, 2.24) is 0 Å². The second kappa shape index (κ2) is 10.7. The first kappa shape index (κ1) is 23.6. The Hall–Kier alpha value is -3.11. The highest BCUT2D eigenvalue weighted by Crippen LogP contribution is 2.46. The molecule has 0 aromatic heterocycles. The molecule has 0 spiro atoms. The minimum absolute atomic E-state index is 0.0417. The number of hydrogen-bond donors (Lipinski definition) is 0. The Kier molecular flexibility index (Phi) is 7.19. The lowest BCUT2D eigenvalue weighted by Crippen LogP contribution is -2.34. The Bertz CT molecular complexity index is 1050. The average Bonchev–Trinajstić information content (AvgIpc) is 3.71. The normalized spacial score (nSPS) is 20.3. The smallest absolute Gasteiger partial charge is 0.309 e. The van der Waals surface area contributed by atoms with Crippen molar-refractivity contribution in [3.05, 3.63) is 102 Å². The zero-order valence-corrected chi connectivity index (χ0v) is 20.4. The van der Waals surface area contributed by atoms with Gasteiger partial charge in [0.2, 0.25) is 0 Å². The minimum Gasteiger partial charge on any atom is -0.497 e. The fraction of sp³-hybridized carbons (Fsp3) is 0.387. The Morgan fingerprint density at radius 1 is 0.800 bits per heavy atom. The number of carbonyl (C=O) groups is 1. The van der Waals surface area contributed by atoms with Crippen LogP contribution in [0.4, 0.5) is 0 Å². The fourth-order valence-electron chi connectivity index (χ4n) is 5.31. The zero-order valence-electron chi connectivity index (χ0n) is 20.4. The highest BCUT2D eigenvalue weighted by molar-refractivity contribution is 5.76. The first-order chi connectivity index (χ1) is 17.2. The monoisotopic (exact) mass is 470 g/mol. The van der Waals surface area contributed by atoms with Crippen LogP contribution >= 0.6 is 0 Å². The van der Waals surface area contributed by atoms with E-state index in [2.05, 4.69) is 36.4 Å². The summed E-state index contributed by atoms with van der Waals surface area (Å²) in [7, 11) is 1.67. The van der Waals surface area contributed by atoms with Crippen molar-refractivity contribution in [1.29, 1.82) is 0 Å². The first-order valence-corrected chi connectivity index (χ1v) is 12.8. The lowest BCUT2D eigenvalue weighted by Gasteiger charge is -2.36. The summed E-state index contributed by atoms with van der Waals surface area (Å²) in [5, 5.41) is 0. The molecule has 4 nitrogen and oxygen atoms in total. The maximum Gasteiger partial charge on any atom is 0.309 e. The number of esters is 1. The van der Waals surface area contributed by atoms with Gasteiger partial charge >= 0.3 is 5.97 Å². The van der Waals surface area contributed by atoms with Gasteiger partial charge in [0.1, 0.15) is 17.5 Å². The molecule has 3 aromatic carbocycles. The van der Waals surface area contributed by atoms with Crippen molar-refractivity contribution in [3.8, 4) is 5.75 Å². The van der Waals surface area contributed by atoms with Gasteiger partial charge in [-0.25, -0.2) is 0 Å². The molecule has 0 amide bonds. The standard InChI is InChI=1S/C31H34O4/c1-33-27-19-17-26(18-20-27)31(24-11-5-2-6-12-24,25-13-7-3-8-14-25)34-22-23-21-29(23)30(32)35-28-15-9-4-10-16-28/h2-3,5-8,11-14,17-20,23,28-29H,4,9-10,15-16,21-22H2,1H3. The van der Waals surface area contributed by atoms with Gasteiger partial charge < -0.3 is 14.2 Å². The van der Waals surface area contributed by atoms with E-state index in [4.69, 9.17) is 14.2 Å². The van der Waals surface area contributed by atoms with E-state index in [-0.39, 0.29) is 23.9 Å². The Morgan fingerprint density at radius 2 is 1.37 bits per heavy atom. The van der Waals surface area contributed by atoms with Gasteiger partial charge in [-0.1, -0.05) is 79.2 Å². The third-order valence-electron chi connectivity index (χ3n) is 7.43. The van der Waals surface area contributed by atoms with E-state index in [1.165, 1.54) is 6.42 Å². The van der Waals surface area contributed by atoms with Crippen molar-refractivity contribution < 1.29 is 19.0 Å². The molecule has 4 heteroatoms. The quantitative estimate of drug-likeness (QED) is 0.264. The van der Waals surface area contributed by atoms with Crippen LogP contribution in [0.15, 0.2) is 84.9 Å². The largest absolute Gasteiger partial charge is 0.497 e. The molecule has 2 saturated carbocycles. The van der Waals surface area contributed by atoms with Gasteiger partial charge in [-0.05, 0) is 66.8 Å². The molecule has 2 aliphatic rings. The molecule has 2 aliphatic carbocycles. The molecule has 0 radical (unpaired) electrons. The molecule has 5 rings (SSSR count).